The molecule has 2 aromatic rings. The highest BCUT2D eigenvalue weighted by atomic mass is 19.1. The summed E-state index contributed by atoms with van der Waals surface area (Å²) in [6.45, 7) is 3.54. The fourth-order valence-electron chi connectivity index (χ4n) is 3.02. The summed E-state index contributed by atoms with van der Waals surface area (Å²) >= 11 is 0. The first-order valence-electron chi connectivity index (χ1n) is 7.95. The van der Waals surface area contributed by atoms with Gasteiger partial charge in [-0.15, -0.1) is 0 Å². The summed E-state index contributed by atoms with van der Waals surface area (Å²) in [6.07, 6.45) is 4.01. The number of amides is 1. The maximum Gasteiger partial charge on any atom is 0.251 e. The molecule has 0 spiro atoms. The van der Waals surface area contributed by atoms with Crippen LogP contribution < -0.4 is 5.32 Å². The third-order valence-electron chi connectivity index (χ3n) is 4.21. The molecule has 0 saturated carbocycles. The van der Waals surface area contributed by atoms with Gasteiger partial charge in [0, 0.05) is 37.1 Å². The number of carbonyl (C=O) groups is 1. The summed E-state index contributed by atoms with van der Waals surface area (Å²) in [5.74, 6) is -0.0324. The van der Waals surface area contributed by atoms with Crippen LogP contribution in [0.5, 0.6) is 0 Å². The average Bonchev–Trinajstić information content (AvgIpc) is 3.07. The van der Waals surface area contributed by atoms with Crippen molar-refractivity contribution in [1.29, 1.82) is 0 Å². The number of aromatic nitrogens is 2. The Bertz CT molecular complexity index is 627. The Balaban J connectivity index is 1.47. The SMILES string of the molecule is O=C(NC[C@H]1CCCN(Cc2ccn[nH]2)C1)c1ccc(F)cc1. The van der Waals surface area contributed by atoms with E-state index in [1.165, 1.54) is 24.3 Å². The predicted octanol–water partition coefficient (Wildman–Crippen LogP) is 2.19. The molecule has 0 radical (unpaired) electrons. The molecule has 2 N–H and O–H groups in total. The van der Waals surface area contributed by atoms with Crippen molar-refractivity contribution in [2.45, 2.75) is 19.4 Å². The van der Waals surface area contributed by atoms with Crippen LogP contribution in [0.15, 0.2) is 36.5 Å². The van der Waals surface area contributed by atoms with Gasteiger partial charge in [-0.25, -0.2) is 4.39 Å². The summed E-state index contributed by atoms with van der Waals surface area (Å²) in [7, 11) is 0. The Morgan fingerprint density at radius 3 is 2.91 bits per heavy atom. The molecule has 1 saturated heterocycles. The van der Waals surface area contributed by atoms with Gasteiger partial charge in [-0.3, -0.25) is 14.8 Å². The van der Waals surface area contributed by atoms with Crippen LogP contribution in [0, 0.1) is 11.7 Å². The van der Waals surface area contributed by atoms with Gasteiger partial charge < -0.3 is 5.32 Å². The van der Waals surface area contributed by atoms with E-state index in [1.807, 2.05) is 6.07 Å². The maximum atomic E-state index is 12.9. The first-order valence-corrected chi connectivity index (χ1v) is 7.95. The third-order valence-corrected chi connectivity index (χ3v) is 4.21. The Labute approximate surface area is 134 Å². The number of benzene rings is 1. The number of likely N-dealkylation sites (tertiary alicyclic amines) is 1. The van der Waals surface area contributed by atoms with Gasteiger partial charge in [0.15, 0.2) is 0 Å². The number of nitrogens with one attached hydrogen (secondary N) is 2. The van der Waals surface area contributed by atoms with Crippen LogP contribution in [0.25, 0.3) is 0 Å². The largest absolute Gasteiger partial charge is 0.352 e. The minimum Gasteiger partial charge on any atom is -0.352 e. The van der Waals surface area contributed by atoms with Crippen molar-refractivity contribution in [1.82, 2.24) is 20.4 Å². The van der Waals surface area contributed by atoms with Gasteiger partial charge >= 0.3 is 0 Å². The molecule has 1 fully saturated rings. The number of hydrogen-bond donors (Lipinski definition) is 2. The molecular formula is C17H21FN4O. The third kappa shape index (κ3) is 4.39. The molecule has 1 aromatic carbocycles. The van der Waals surface area contributed by atoms with E-state index in [4.69, 9.17) is 0 Å². The van der Waals surface area contributed by atoms with E-state index >= 15 is 0 Å². The molecule has 1 amide bonds. The van der Waals surface area contributed by atoms with E-state index in [0.717, 1.165) is 38.2 Å². The molecule has 23 heavy (non-hydrogen) atoms. The van der Waals surface area contributed by atoms with E-state index in [-0.39, 0.29) is 11.7 Å². The van der Waals surface area contributed by atoms with Crippen LogP contribution in [0.4, 0.5) is 4.39 Å². The standard InChI is InChI=1S/C17H21FN4O/c18-15-5-3-14(4-6-15)17(23)19-10-13-2-1-9-22(11-13)12-16-7-8-20-21-16/h3-8,13H,1-2,9-12H2,(H,19,23)(H,20,21)/t13-/m1/s1. The monoisotopic (exact) mass is 316 g/mol. The minimum atomic E-state index is -0.330. The lowest BCUT2D eigenvalue weighted by Gasteiger charge is -2.32. The molecule has 1 atom stereocenters. The first kappa shape index (κ1) is 15.7. The van der Waals surface area contributed by atoms with Crippen molar-refractivity contribution >= 4 is 5.91 Å². The molecule has 122 valence electrons. The summed E-state index contributed by atoms with van der Waals surface area (Å²) in [6, 6.07) is 7.62. The van der Waals surface area contributed by atoms with Crippen LogP contribution in [0.3, 0.4) is 0 Å². The minimum absolute atomic E-state index is 0.143. The number of hydrogen-bond acceptors (Lipinski definition) is 3. The van der Waals surface area contributed by atoms with Crippen molar-refractivity contribution in [3.05, 3.63) is 53.6 Å². The molecule has 1 aliphatic rings. The van der Waals surface area contributed by atoms with Crippen LogP contribution in [-0.2, 0) is 6.54 Å². The number of carbonyl (C=O) groups excluding carboxylic acids is 1. The van der Waals surface area contributed by atoms with Crippen molar-refractivity contribution in [2.75, 3.05) is 19.6 Å². The lowest BCUT2D eigenvalue weighted by atomic mass is 9.97. The molecule has 0 bridgehead atoms. The van der Waals surface area contributed by atoms with Gasteiger partial charge in [0.05, 0.1) is 0 Å². The summed E-state index contributed by atoms with van der Waals surface area (Å²) in [4.78, 5) is 14.5. The smallest absolute Gasteiger partial charge is 0.251 e. The van der Waals surface area contributed by atoms with Crippen LogP contribution >= 0.6 is 0 Å². The van der Waals surface area contributed by atoms with Gasteiger partial charge in [-0.05, 0) is 55.6 Å². The maximum absolute atomic E-state index is 12.9. The Morgan fingerprint density at radius 2 is 2.17 bits per heavy atom. The van der Waals surface area contributed by atoms with Crippen molar-refractivity contribution in [2.24, 2.45) is 5.92 Å². The first-order chi connectivity index (χ1) is 11.2. The molecule has 0 unspecified atom stereocenters. The molecule has 6 heteroatoms. The highest BCUT2D eigenvalue weighted by Crippen LogP contribution is 2.17. The quantitative estimate of drug-likeness (QED) is 0.889. The molecule has 0 aliphatic carbocycles. The number of rotatable bonds is 5. The van der Waals surface area contributed by atoms with Gasteiger partial charge in [-0.1, -0.05) is 0 Å². The van der Waals surface area contributed by atoms with E-state index in [9.17, 15) is 9.18 Å². The predicted molar refractivity (Wildman–Crippen MR) is 85.3 cm³/mol. The normalized spacial score (nSPS) is 18.7. The lowest BCUT2D eigenvalue weighted by Crippen LogP contribution is -2.40. The molecule has 3 rings (SSSR count). The Kier molecular flexibility index (Phi) is 5.02. The topological polar surface area (TPSA) is 61.0 Å². The summed E-state index contributed by atoms with van der Waals surface area (Å²) in [5.41, 5.74) is 1.61. The second-order valence-electron chi connectivity index (χ2n) is 6.04. The lowest BCUT2D eigenvalue weighted by molar-refractivity contribution is 0.0930. The highest BCUT2D eigenvalue weighted by Gasteiger charge is 2.21. The summed E-state index contributed by atoms with van der Waals surface area (Å²) in [5, 5.41) is 9.91. The molecule has 2 heterocycles. The van der Waals surface area contributed by atoms with Gasteiger partial charge in [-0.2, -0.15) is 5.10 Å². The van der Waals surface area contributed by atoms with E-state index < -0.39 is 0 Å². The average molecular weight is 316 g/mol. The van der Waals surface area contributed by atoms with Crippen LogP contribution in [-0.4, -0.2) is 40.6 Å². The fraction of sp³-hybridized carbons (Fsp3) is 0.412. The number of H-pyrrole nitrogens is 1. The zero-order valence-electron chi connectivity index (χ0n) is 13.0. The van der Waals surface area contributed by atoms with Crippen LogP contribution in [0.1, 0.15) is 28.9 Å². The number of piperidine rings is 1. The second kappa shape index (κ2) is 7.37. The highest BCUT2D eigenvalue weighted by molar-refractivity contribution is 5.94. The van der Waals surface area contributed by atoms with Crippen LogP contribution in [0.2, 0.25) is 0 Å². The van der Waals surface area contributed by atoms with E-state index in [2.05, 4.69) is 20.4 Å². The zero-order valence-corrected chi connectivity index (χ0v) is 13.0. The van der Waals surface area contributed by atoms with Gasteiger partial charge in [0.2, 0.25) is 0 Å². The van der Waals surface area contributed by atoms with Crippen molar-refractivity contribution in [3.8, 4) is 0 Å². The zero-order chi connectivity index (χ0) is 16.1. The fourth-order valence-corrected chi connectivity index (χ4v) is 3.02. The van der Waals surface area contributed by atoms with E-state index in [1.54, 1.807) is 6.20 Å². The van der Waals surface area contributed by atoms with Gasteiger partial charge in [0.25, 0.3) is 5.91 Å². The molecule has 1 aromatic heterocycles. The van der Waals surface area contributed by atoms with Gasteiger partial charge in [0.1, 0.15) is 5.82 Å². The van der Waals surface area contributed by atoms with Crippen molar-refractivity contribution < 1.29 is 9.18 Å². The van der Waals surface area contributed by atoms with E-state index in [0.29, 0.717) is 18.0 Å². The molecular weight excluding hydrogens is 295 g/mol. The number of halogens is 1. The molecule has 5 nitrogen and oxygen atoms in total. The molecule has 1 aliphatic heterocycles. The summed E-state index contributed by atoms with van der Waals surface area (Å²) < 4.78 is 12.9. The number of aromatic amines is 1. The van der Waals surface area contributed by atoms with Crippen molar-refractivity contribution in [3.63, 3.8) is 0 Å². The Hall–Kier alpha value is -2.21. The second-order valence-corrected chi connectivity index (χ2v) is 6.04. The number of nitrogens with zero attached hydrogens (tertiary/aromatic N) is 2. The Morgan fingerprint density at radius 1 is 1.35 bits per heavy atom.